The van der Waals surface area contributed by atoms with Gasteiger partial charge in [-0.25, -0.2) is 9.97 Å². The van der Waals surface area contributed by atoms with E-state index >= 15 is 0 Å². The number of benzene rings is 1. The van der Waals surface area contributed by atoms with Crippen molar-refractivity contribution >= 4 is 23.0 Å². The van der Waals surface area contributed by atoms with Crippen LogP contribution < -0.4 is 15.5 Å². The molecule has 0 amide bonds. The summed E-state index contributed by atoms with van der Waals surface area (Å²) < 4.78 is 0. The summed E-state index contributed by atoms with van der Waals surface area (Å²) in [6, 6.07) is 10.1. The molecule has 2 aromatic rings. The Bertz CT molecular complexity index is 620. The summed E-state index contributed by atoms with van der Waals surface area (Å²) in [6.45, 7) is 4.32. The van der Waals surface area contributed by atoms with Gasteiger partial charge in [0.1, 0.15) is 12.0 Å². The van der Waals surface area contributed by atoms with Gasteiger partial charge in [0, 0.05) is 25.8 Å². The second-order valence-electron chi connectivity index (χ2n) is 6.00. The zero-order chi connectivity index (χ0) is 15.5. The summed E-state index contributed by atoms with van der Waals surface area (Å²) in [5.41, 5.74) is 8.10. The first-order valence-electron chi connectivity index (χ1n) is 7.81. The minimum absolute atomic E-state index is 0.656. The van der Waals surface area contributed by atoms with Crippen LogP contribution in [0.1, 0.15) is 19.8 Å². The Hall–Kier alpha value is -2.30. The maximum Gasteiger partial charge on any atom is 0.161 e. The van der Waals surface area contributed by atoms with Gasteiger partial charge in [-0.3, -0.25) is 0 Å². The smallest absolute Gasteiger partial charge is 0.161 e. The van der Waals surface area contributed by atoms with Crippen LogP contribution in [0.15, 0.2) is 36.7 Å². The van der Waals surface area contributed by atoms with E-state index in [2.05, 4.69) is 21.8 Å². The van der Waals surface area contributed by atoms with E-state index in [4.69, 9.17) is 5.73 Å². The van der Waals surface area contributed by atoms with Gasteiger partial charge >= 0.3 is 0 Å². The minimum Gasteiger partial charge on any atom is -0.393 e. The third kappa shape index (κ3) is 2.84. The summed E-state index contributed by atoms with van der Waals surface area (Å²) in [6.07, 6.45) is 3.99. The Labute approximate surface area is 131 Å². The number of hydrogen-bond acceptors (Lipinski definition) is 5. The van der Waals surface area contributed by atoms with Crippen LogP contribution in [0, 0.1) is 5.92 Å². The molecule has 116 valence electrons. The molecule has 1 aliphatic heterocycles. The minimum atomic E-state index is 0.656. The number of anilines is 4. The van der Waals surface area contributed by atoms with Crippen LogP contribution >= 0.6 is 0 Å². The van der Waals surface area contributed by atoms with Crippen molar-refractivity contribution in [2.75, 3.05) is 35.7 Å². The highest BCUT2D eigenvalue weighted by molar-refractivity contribution is 5.79. The lowest BCUT2D eigenvalue weighted by Gasteiger charge is -2.32. The van der Waals surface area contributed by atoms with E-state index in [1.807, 2.05) is 42.3 Å². The largest absolute Gasteiger partial charge is 0.393 e. The molecule has 5 heteroatoms. The van der Waals surface area contributed by atoms with Crippen LogP contribution in [0.25, 0.3) is 0 Å². The monoisotopic (exact) mass is 297 g/mol. The molecule has 3 rings (SSSR count). The lowest BCUT2D eigenvalue weighted by atomic mass is 9.99. The van der Waals surface area contributed by atoms with Crippen molar-refractivity contribution in [3.05, 3.63) is 36.7 Å². The third-order valence-electron chi connectivity index (χ3n) is 4.39. The van der Waals surface area contributed by atoms with Crippen LogP contribution in [0.5, 0.6) is 0 Å². The van der Waals surface area contributed by atoms with Crippen molar-refractivity contribution in [2.24, 2.45) is 5.92 Å². The van der Waals surface area contributed by atoms with E-state index in [9.17, 15) is 0 Å². The first-order chi connectivity index (χ1) is 10.7. The highest BCUT2D eigenvalue weighted by Crippen LogP contribution is 2.33. The standard InChI is InChI=1S/C17H23N5/c1-13-8-10-22(11-9-13)17-15(18)16(19-12-20-17)21(2)14-6-4-3-5-7-14/h3-7,12-13H,8-11,18H2,1-2H3. The molecule has 1 aromatic carbocycles. The van der Waals surface area contributed by atoms with Gasteiger partial charge in [0.05, 0.1) is 0 Å². The van der Waals surface area contributed by atoms with E-state index in [1.54, 1.807) is 6.33 Å². The highest BCUT2D eigenvalue weighted by atomic mass is 15.2. The summed E-state index contributed by atoms with van der Waals surface area (Å²) in [5.74, 6) is 2.40. The second-order valence-corrected chi connectivity index (χ2v) is 6.00. The number of para-hydroxylation sites is 1. The lowest BCUT2D eigenvalue weighted by Crippen LogP contribution is -2.34. The Balaban J connectivity index is 1.89. The van der Waals surface area contributed by atoms with Gasteiger partial charge < -0.3 is 15.5 Å². The number of piperidine rings is 1. The Morgan fingerprint density at radius 2 is 1.82 bits per heavy atom. The van der Waals surface area contributed by atoms with Gasteiger partial charge in [0.25, 0.3) is 0 Å². The predicted molar refractivity (Wildman–Crippen MR) is 91.6 cm³/mol. The van der Waals surface area contributed by atoms with E-state index in [-0.39, 0.29) is 0 Å². The summed E-state index contributed by atoms with van der Waals surface area (Å²) in [4.78, 5) is 13.1. The van der Waals surface area contributed by atoms with Gasteiger partial charge in [-0.15, -0.1) is 0 Å². The van der Waals surface area contributed by atoms with E-state index in [0.717, 1.165) is 36.3 Å². The number of nitrogens with two attached hydrogens (primary N) is 1. The molecule has 5 nitrogen and oxygen atoms in total. The summed E-state index contributed by atoms with van der Waals surface area (Å²) in [5, 5.41) is 0. The molecule has 0 radical (unpaired) electrons. The average molecular weight is 297 g/mol. The molecule has 1 fully saturated rings. The molecule has 0 spiro atoms. The van der Waals surface area contributed by atoms with Crippen LogP contribution in [0.4, 0.5) is 23.0 Å². The first kappa shape index (κ1) is 14.6. The maximum atomic E-state index is 6.38. The molecule has 2 heterocycles. The van der Waals surface area contributed by atoms with Gasteiger partial charge in [-0.1, -0.05) is 25.1 Å². The zero-order valence-corrected chi connectivity index (χ0v) is 13.2. The summed E-state index contributed by atoms with van der Waals surface area (Å²) >= 11 is 0. The van der Waals surface area contributed by atoms with Crippen molar-refractivity contribution in [2.45, 2.75) is 19.8 Å². The quantitative estimate of drug-likeness (QED) is 0.943. The fourth-order valence-electron chi connectivity index (χ4n) is 2.89. The highest BCUT2D eigenvalue weighted by Gasteiger charge is 2.21. The first-order valence-corrected chi connectivity index (χ1v) is 7.81. The molecular weight excluding hydrogens is 274 g/mol. The zero-order valence-electron chi connectivity index (χ0n) is 13.2. The number of aromatic nitrogens is 2. The molecule has 22 heavy (non-hydrogen) atoms. The topological polar surface area (TPSA) is 58.3 Å². The molecule has 1 saturated heterocycles. The van der Waals surface area contributed by atoms with Crippen LogP contribution in [-0.2, 0) is 0 Å². The normalized spacial score (nSPS) is 15.8. The van der Waals surface area contributed by atoms with Gasteiger partial charge in [0.15, 0.2) is 11.6 Å². The van der Waals surface area contributed by atoms with Crippen molar-refractivity contribution in [3.8, 4) is 0 Å². The Morgan fingerprint density at radius 1 is 1.14 bits per heavy atom. The third-order valence-corrected chi connectivity index (χ3v) is 4.39. The van der Waals surface area contributed by atoms with Crippen molar-refractivity contribution in [1.82, 2.24) is 9.97 Å². The number of nitrogen functional groups attached to an aromatic ring is 1. The SMILES string of the molecule is CC1CCN(c2ncnc(N(C)c3ccccc3)c2N)CC1. The van der Waals surface area contributed by atoms with Crippen molar-refractivity contribution in [1.29, 1.82) is 0 Å². The fourth-order valence-corrected chi connectivity index (χ4v) is 2.89. The van der Waals surface area contributed by atoms with Crippen molar-refractivity contribution < 1.29 is 0 Å². The fraction of sp³-hybridized carbons (Fsp3) is 0.412. The number of hydrogen-bond donors (Lipinski definition) is 1. The summed E-state index contributed by atoms with van der Waals surface area (Å²) in [7, 11) is 1.98. The molecule has 0 unspecified atom stereocenters. The van der Waals surface area contributed by atoms with Gasteiger partial charge in [-0.2, -0.15) is 0 Å². The van der Waals surface area contributed by atoms with Crippen LogP contribution in [0.3, 0.4) is 0 Å². The molecule has 0 saturated carbocycles. The molecule has 0 bridgehead atoms. The maximum absolute atomic E-state index is 6.38. The Morgan fingerprint density at radius 3 is 2.50 bits per heavy atom. The molecule has 1 aliphatic rings. The number of rotatable bonds is 3. The number of nitrogens with zero attached hydrogens (tertiary/aromatic N) is 4. The molecule has 1 aromatic heterocycles. The van der Waals surface area contributed by atoms with Gasteiger partial charge in [-0.05, 0) is 30.9 Å². The van der Waals surface area contributed by atoms with E-state index < -0.39 is 0 Å². The van der Waals surface area contributed by atoms with E-state index in [0.29, 0.717) is 5.69 Å². The van der Waals surface area contributed by atoms with E-state index in [1.165, 1.54) is 12.8 Å². The van der Waals surface area contributed by atoms with Gasteiger partial charge in [0.2, 0.25) is 0 Å². The molecule has 2 N–H and O–H groups in total. The second kappa shape index (κ2) is 6.22. The molecular formula is C17H23N5. The lowest BCUT2D eigenvalue weighted by molar-refractivity contribution is 0.437. The molecule has 0 aliphatic carbocycles. The molecule has 0 atom stereocenters. The predicted octanol–water partition coefficient (Wildman–Crippen LogP) is 3.06. The Kier molecular flexibility index (Phi) is 4.13. The van der Waals surface area contributed by atoms with Crippen LogP contribution in [-0.4, -0.2) is 30.1 Å². The average Bonchev–Trinajstić information content (AvgIpc) is 2.56. The van der Waals surface area contributed by atoms with Crippen molar-refractivity contribution in [3.63, 3.8) is 0 Å². The van der Waals surface area contributed by atoms with Crippen LogP contribution in [0.2, 0.25) is 0 Å².